The van der Waals surface area contributed by atoms with E-state index in [4.69, 9.17) is 0 Å². The second kappa shape index (κ2) is 4.66. The lowest BCUT2D eigenvalue weighted by Crippen LogP contribution is -2.57. The molecule has 1 N–H and O–H groups in total. The van der Waals surface area contributed by atoms with Gasteiger partial charge in [0.25, 0.3) is 5.56 Å². The van der Waals surface area contributed by atoms with Crippen molar-refractivity contribution < 1.29 is 0 Å². The average Bonchev–Trinajstić information content (AvgIpc) is 2.80. The molecule has 1 aliphatic heterocycles. The lowest BCUT2D eigenvalue weighted by Gasteiger charge is -2.42. The highest BCUT2D eigenvalue weighted by Gasteiger charge is 2.29. The second-order valence-corrected chi connectivity index (χ2v) is 6.24. The molecule has 102 valence electrons. The number of hydrogen-bond acceptors (Lipinski definition) is 6. The van der Waals surface area contributed by atoms with Crippen molar-refractivity contribution in [1.82, 2.24) is 24.8 Å². The van der Waals surface area contributed by atoms with Crippen LogP contribution in [-0.2, 0) is 6.54 Å². The summed E-state index contributed by atoms with van der Waals surface area (Å²) >= 11 is 1.39. The van der Waals surface area contributed by atoms with Gasteiger partial charge < -0.3 is 5.32 Å². The third-order valence-electron chi connectivity index (χ3n) is 3.57. The molecule has 3 rings (SSSR count). The highest BCUT2D eigenvalue weighted by atomic mass is 32.1. The van der Waals surface area contributed by atoms with Gasteiger partial charge in [-0.1, -0.05) is 11.3 Å². The van der Waals surface area contributed by atoms with E-state index in [1.54, 1.807) is 11.6 Å². The summed E-state index contributed by atoms with van der Waals surface area (Å²) in [6.07, 6.45) is 0. The van der Waals surface area contributed by atoms with Gasteiger partial charge in [0.2, 0.25) is 4.96 Å². The topological polar surface area (TPSA) is 62.5 Å². The van der Waals surface area contributed by atoms with Crippen molar-refractivity contribution in [2.45, 2.75) is 25.9 Å². The fourth-order valence-corrected chi connectivity index (χ4v) is 3.04. The quantitative estimate of drug-likeness (QED) is 0.858. The summed E-state index contributed by atoms with van der Waals surface area (Å²) in [5.74, 6) is 0. The lowest BCUT2D eigenvalue weighted by molar-refractivity contribution is 0.0814. The molecule has 19 heavy (non-hydrogen) atoms. The maximum Gasteiger partial charge on any atom is 0.275 e. The molecule has 0 amide bonds. The number of fused-ring (bicyclic) bond motifs is 1. The molecule has 2 aromatic heterocycles. The molecule has 0 aliphatic carbocycles. The van der Waals surface area contributed by atoms with E-state index in [-0.39, 0.29) is 11.1 Å². The molecule has 0 unspecified atom stereocenters. The maximum atomic E-state index is 11.9. The van der Waals surface area contributed by atoms with E-state index in [0.29, 0.717) is 11.5 Å². The number of rotatable bonds is 2. The SMILES string of the molecule is CC1(C)CNCCN1Cc1cc(=O)n2ncsc2n1. The summed E-state index contributed by atoms with van der Waals surface area (Å²) in [5, 5.41) is 7.36. The Labute approximate surface area is 115 Å². The number of hydrogen-bond donors (Lipinski definition) is 1. The van der Waals surface area contributed by atoms with Gasteiger partial charge in [0.05, 0.1) is 5.69 Å². The van der Waals surface area contributed by atoms with Crippen LogP contribution in [0.15, 0.2) is 16.4 Å². The molecule has 0 radical (unpaired) electrons. The minimum atomic E-state index is -0.103. The number of aromatic nitrogens is 3. The van der Waals surface area contributed by atoms with Gasteiger partial charge in [-0.15, -0.1) is 0 Å². The van der Waals surface area contributed by atoms with E-state index in [0.717, 1.165) is 25.3 Å². The molecule has 1 aliphatic rings. The van der Waals surface area contributed by atoms with Crippen LogP contribution in [0.4, 0.5) is 0 Å². The van der Waals surface area contributed by atoms with Crippen molar-refractivity contribution in [3.63, 3.8) is 0 Å². The highest BCUT2D eigenvalue weighted by Crippen LogP contribution is 2.18. The third kappa shape index (κ3) is 2.41. The summed E-state index contributed by atoms with van der Waals surface area (Å²) in [6.45, 7) is 8.02. The Balaban J connectivity index is 1.90. The Morgan fingerprint density at radius 2 is 2.37 bits per heavy atom. The molecule has 0 spiro atoms. The van der Waals surface area contributed by atoms with Crippen LogP contribution >= 0.6 is 11.3 Å². The Kier molecular flexibility index (Phi) is 3.12. The minimum absolute atomic E-state index is 0.0821. The smallest absolute Gasteiger partial charge is 0.275 e. The first-order chi connectivity index (χ1) is 9.06. The average molecular weight is 279 g/mol. The van der Waals surface area contributed by atoms with Crippen molar-refractivity contribution in [3.05, 3.63) is 27.6 Å². The van der Waals surface area contributed by atoms with Gasteiger partial charge in [-0.05, 0) is 13.8 Å². The molecule has 3 heterocycles. The molecule has 0 aromatic carbocycles. The van der Waals surface area contributed by atoms with Crippen LogP contribution in [0.1, 0.15) is 19.5 Å². The zero-order chi connectivity index (χ0) is 13.5. The number of nitrogens with zero attached hydrogens (tertiary/aromatic N) is 4. The predicted molar refractivity (Wildman–Crippen MR) is 74.5 cm³/mol. The summed E-state index contributed by atoms with van der Waals surface area (Å²) in [6, 6.07) is 1.59. The second-order valence-electron chi connectivity index (χ2n) is 5.43. The monoisotopic (exact) mass is 279 g/mol. The van der Waals surface area contributed by atoms with Crippen LogP contribution < -0.4 is 10.9 Å². The zero-order valence-corrected chi connectivity index (χ0v) is 11.9. The van der Waals surface area contributed by atoms with E-state index in [1.807, 2.05) is 0 Å². The van der Waals surface area contributed by atoms with Gasteiger partial charge in [0, 0.05) is 37.8 Å². The standard InChI is InChI=1S/C12H17N5OS/c1-12(2)7-13-3-4-16(12)6-9-5-10(18)17-11(15-9)19-8-14-17/h5,8,13H,3-4,6-7H2,1-2H3. The first-order valence-corrected chi connectivity index (χ1v) is 7.22. The molecule has 2 aromatic rings. The summed E-state index contributed by atoms with van der Waals surface area (Å²) in [5.41, 5.74) is 2.44. The Morgan fingerprint density at radius 1 is 1.53 bits per heavy atom. The van der Waals surface area contributed by atoms with Gasteiger partial charge in [0.15, 0.2) is 0 Å². The summed E-state index contributed by atoms with van der Waals surface area (Å²) in [7, 11) is 0. The number of nitrogens with one attached hydrogen (secondary N) is 1. The molecular formula is C12H17N5OS. The van der Waals surface area contributed by atoms with Gasteiger partial charge in [-0.25, -0.2) is 4.98 Å². The normalized spacial score (nSPS) is 19.9. The number of piperazine rings is 1. The van der Waals surface area contributed by atoms with Crippen LogP contribution in [0.3, 0.4) is 0 Å². The van der Waals surface area contributed by atoms with Gasteiger partial charge in [-0.3, -0.25) is 9.69 Å². The third-order valence-corrected chi connectivity index (χ3v) is 4.24. The zero-order valence-electron chi connectivity index (χ0n) is 11.1. The first-order valence-electron chi connectivity index (χ1n) is 6.34. The molecule has 1 fully saturated rings. The first kappa shape index (κ1) is 12.7. The van der Waals surface area contributed by atoms with Crippen LogP contribution in [0, 0.1) is 0 Å². The van der Waals surface area contributed by atoms with E-state index < -0.39 is 0 Å². The van der Waals surface area contributed by atoms with Crippen molar-refractivity contribution in [1.29, 1.82) is 0 Å². The molecule has 7 heteroatoms. The van der Waals surface area contributed by atoms with Gasteiger partial charge >= 0.3 is 0 Å². The molecule has 0 bridgehead atoms. The molecule has 1 saturated heterocycles. The largest absolute Gasteiger partial charge is 0.314 e. The molecule has 6 nitrogen and oxygen atoms in total. The van der Waals surface area contributed by atoms with E-state index in [1.165, 1.54) is 15.9 Å². The van der Waals surface area contributed by atoms with Crippen molar-refractivity contribution in [2.24, 2.45) is 0 Å². The van der Waals surface area contributed by atoms with Crippen molar-refractivity contribution in [3.8, 4) is 0 Å². The van der Waals surface area contributed by atoms with Crippen molar-refractivity contribution >= 4 is 16.3 Å². The Bertz CT molecular complexity index is 647. The summed E-state index contributed by atoms with van der Waals surface area (Å²) in [4.78, 5) is 19.4. The maximum absolute atomic E-state index is 11.9. The van der Waals surface area contributed by atoms with Crippen molar-refractivity contribution in [2.75, 3.05) is 19.6 Å². The van der Waals surface area contributed by atoms with Gasteiger partial charge in [-0.2, -0.15) is 9.61 Å². The fraction of sp³-hybridized carbons (Fsp3) is 0.583. The lowest BCUT2D eigenvalue weighted by atomic mass is 10.00. The Morgan fingerprint density at radius 3 is 3.16 bits per heavy atom. The molecular weight excluding hydrogens is 262 g/mol. The van der Waals surface area contributed by atoms with Crippen LogP contribution in [-0.4, -0.2) is 44.7 Å². The van der Waals surface area contributed by atoms with E-state index >= 15 is 0 Å². The Hall–Kier alpha value is -1.31. The fourth-order valence-electron chi connectivity index (χ4n) is 2.39. The summed E-state index contributed by atoms with van der Waals surface area (Å²) < 4.78 is 1.34. The van der Waals surface area contributed by atoms with Crippen LogP contribution in [0.25, 0.3) is 4.96 Å². The van der Waals surface area contributed by atoms with E-state index in [9.17, 15) is 4.79 Å². The predicted octanol–water partition coefficient (Wildman–Crippen LogP) is 0.335. The highest BCUT2D eigenvalue weighted by molar-refractivity contribution is 7.14. The van der Waals surface area contributed by atoms with Gasteiger partial charge in [0.1, 0.15) is 5.51 Å². The molecule has 0 saturated carbocycles. The molecule has 0 atom stereocenters. The van der Waals surface area contributed by atoms with Crippen LogP contribution in [0.5, 0.6) is 0 Å². The minimum Gasteiger partial charge on any atom is -0.314 e. The van der Waals surface area contributed by atoms with E-state index in [2.05, 4.69) is 34.1 Å². The van der Waals surface area contributed by atoms with Crippen LogP contribution in [0.2, 0.25) is 0 Å².